The van der Waals surface area contributed by atoms with Crippen molar-refractivity contribution in [2.75, 3.05) is 0 Å². The molecule has 1 unspecified atom stereocenters. The quantitative estimate of drug-likeness (QED) is 0.751. The summed E-state index contributed by atoms with van der Waals surface area (Å²) < 4.78 is 0. The second-order valence-corrected chi connectivity index (χ2v) is 6.20. The lowest BCUT2D eigenvalue weighted by Crippen LogP contribution is -2.19. The molecule has 1 aromatic heterocycles. The van der Waals surface area contributed by atoms with Crippen LogP contribution >= 0.6 is 0 Å². The van der Waals surface area contributed by atoms with Crippen LogP contribution in [-0.2, 0) is 0 Å². The van der Waals surface area contributed by atoms with Gasteiger partial charge in [-0.1, -0.05) is 6.08 Å². The maximum absolute atomic E-state index is 4.68. The molecule has 0 saturated heterocycles. The van der Waals surface area contributed by atoms with Crippen LogP contribution in [0.1, 0.15) is 6.42 Å². The molecule has 0 spiro atoms. The predicted octanol–water partition coefficient (Wildman–Crippen LogP) is 1.62. The molecule has 4 nitrogen and oxygen atoms in total. The predicted molar refractivity (Wildman–Crippen MR) is 97.9 cm³/mol. The number of fused-ring (bicyclic) bond motifs is 6. The van der Waals surface area contributed by atoms with Crippen LogP contribution in [-0.4, -0.2) is 22.4 Å². The lowest BCUT2D eigenvalue weighted by molar-refractivity contribution is 0.739. The normalized spacial score (nSPS) is 23.5. The number of hydrogen-bond donors (Lipinski definition) is 2. The molecule has 4 aliphatic rings. The van der Waals surface area contributed by atoms with Gasteiger partial charge in [0.15, 0.2) is 0 Å². The zero-order chi connectivity index (χ0) is 15.9. The summed E-state index contributed by atoms with van der Waals surface area (Å²) in [5, 5.41) is 5.59. The first-order chi connectivity index (χ1) is 11.8. The Labute approximate surface area is 139 Å². The summed E-state index contributed by atoms with van der Waals surface area (Å²) >= 11 is 0. The molecule has 0 fully saturated rings. The number of hydrogen-bond acceptors (Lipinski definition) is 3. The second kappa shape index (κ2) is 5.20. The summed E-state index contributed by atoms with van der Waals surface area (Å²) in [5.74, 6) is 0. The molecule has 0 aromatic carbocycles. The third-order valence-electron chi connectivity index (χ3n) is 4.32. The second-order valence-electron chi connectivity index (χ2n) is 6.20. The van der Waals surface area contributed by atoms with Crippen LogP contribution < -0.4 is 16.0 Å². The van der Waals surface area contributed by atoms with E-state index in [1.165, 1.54) is 0 Å². The molecule has 0 amide bonds. The Bertz CT molecular complexity index is 1050. The van der Waals surface area contributed by atoms with Gasteiger partial charge in [0.25, 0.3) is 0 Å². The third kappa shape index (κ3) is 2.52. The molecular weight excluding hydrogens is 296 g/mol. The van der Waals surface area contributed by atoms with E-state index < -0.39 is 0 Å². The van der Waals surface area contributed by atoms with Crippen molar-refractivity contribution >= 4 is 23.6 Å². The van der Waals surface area contributed by atoms with Gasteiger partial charge in [-0.05, 0) is 67.2 Å². The van der Waals surface area contributed by atoms with Crippen LogP contribution in [0, 0.1) is 0 Å². The van der Waals surface area contributed by atoms with Gasteiger partial charge in [0, 0.05) is 16.4 Å². The van der Waals surface area contributed by atoms with Gasteiger partial charge < -0.3 is 10.3 Å². The van der Waals surface area contributed by atoms with E-state index in [1.54, 1.807) is 0 Å². The first-order valence-electron chi connectivity index (χ1n) is 8.12. The van der Waals surface area contributed by atoms with E-state index in [1.807, 2.05) is 18.2 Å². The molecule has 1 atom stereocenters. The highest BCUT2D eigenvalue weighted by Gasteiger charge is 2.15. The SMILES string of the molecule is C1=CC2=NC1=CC1=CCC(C=C3C=CC(=N3)C=c3ccc([nH]3)=C2)N1. The molecule has 4 aliphatic heterocycles. The third-order valence-corrected chi connectivity index (χ3v) is 4.32. The summed E-state index contributed by atoms with van der Waals surface area (Å²) in [5.41, 5.74) is 5.02. The average Bonchev–Trinajstić information content (AvgIpc) is 3.32. The molecule has 116 valence electrons. The van der Waals surface area contributed by atoms with Gasteiger partial charge in [0.05, 0.1) is 28.9 Å². The van der Waals surface area contributed by atoms with Crippen LogP contribution in [0.4, 0.5) is 0 Å². The molecule has 0 saturated carbocycles. The highest BCUT2D eigenvalue weighted by Crippen LogP contribution is 2.19. The van der Waals surface area contributed by atoms with Gasteiger partial charge >= 0.3 is 0 Å². The standard InChI is InChI=1S/C20H16N4/c1-2-14-10-16-5-6-18(23-16)12-20-8-7-19(24-20)11-17-4-3-15(22-17)9-13(1)21-14/h1-7,9-12,20-21,24H,8H2. The van der Waals surface area contributed by atoms with E-state index in [-0.39, 0.29) is 6.04 Å². The van der Waals surface area contributed by atoms with Crippen molar-refractivity contribution in [2.24, 2.45) is 9.98 Å². The Hall–Kier alpha value is -3.14. The zero-order valence-corrected chi connectivity index (χ0v) is 13.0. The number of rotatable bonds is 0. The maximum Gasteiger partial charge on any atom is 0.0658 e. The Morgan fingerprint density at radius 1 is 0.833 bits per heavy atom. The van der Waals surface area contributed by atoms with E-state index in [0.29, 0.717) is 0 Å². The number of aromatic nitrogens is 1. The monoisotopic (exact) mass is 312 g/mol. The van der Waals surface area contributed by atoms with Gasteiger partial charge in [-0.15, -0.1) is 0 Å². The van der Waals surface area contributed by atoms with Crippen molar-refractivity contribution < 1.29 is 0 Å². The van der Waals surface area contributed by atoms with Gasteiger partial charge in [-0.3, -0.25) is 0 Å². The number of H-pyrrole nitrogens is 1. The molecular formula is C20H16N4. The minimum absolute atomic E-state index is 0.282. The minimum atomic E-state index is 0.282. The van der Waals surface area contributed by atoms with Crippen LogP contribution in [0.2, 0.25) is 0 Å². The molecule has 1 aromatic rings. The topological polar surface area (TPSA) is 52.5 Å². The largest absolute Gasteiger partial charge is 0.379 e. The molecule has 24 heavy (non-hydrogen) atoms. The number of aliphatic imine (C=N–C) groups is 2. The van der Waals surface area contributed by atoms with Crippen molar-refractivity contribution in [3.05, 3.63) is 82.5 Å². The number of nitrogens with zero attached hydrogens (tertiary/aromatic N) is 2. The number of aromatic amines is 1. The minimum Gasteiger partial charge on any atom is -0.379 e. The van der Waals surface area contributed by atoms with Crippen LogP contribution in [0.3, 0.4) is 0 Å². The van der Waals surface area contributed by atoms with Crippen molar-refractivity contribution in [1.82, 2.24) is 10.3 Å². The Morgan fingerprint density at radius 3 is 2.33 bits per heavy atom. The first-order valence-corrected chi connectivity index (χ1v) is 8.12. The fourth-order valence-corrected chi connectivity index (χ4v) is 3.20. The number of nitrogens with one attached hydrogen (secondary N) is 2. The lowest BCUT2D eigenvalue weighted by Gasteiger charge is -2.07. The molecule has 5 heterocycles. The summed E-state index contributed by atoms with van der Waals surface area (Å²) in [6, 6.07) is 4.40. The Morgan fingerprint density at radius 2 is 1.54 bits per heavy atom. The van der Waals surface area contributed by atoms with E-state index in [2.05, 4.69) is 68.9 Å². The highest BCUT2D eigenvalue weighted by molar-refractivity contribution is 6.20. The average molecular weight is 312 g/mol. The van der Waals surface area contributed by atoms with Crippen molar-refractivity contribution in [3.8, 4) is 0 Å². The van der Waals surface area contributed by atoms with Crippen LogP contribution in [0.15, 0.2) is 81.7 Å². The highest BCUT2D eigenvalue weighted by atomic mass is 14.9. The fraction of sp³-hybridized carbons (Fsp3) is 0.100. The molecule has 4 heteroatoms. The first kappa shape index (κ1) is 13.3. The molecule has 8 bridgehead atoms. The van der Waals surface area contributed by atoms with Crippen molar-refractivity contribution in [2.45, 2.75) is 12.5 Å². The van der Waals surface area contributed by atoms with Crippen LogP contribution in [0.5, 0.6) is 0 Å². The van der Waals surface area contributed by atoms with E-state index in [0.717, 1.165) is 45.6 Å². The van der Waals surface area contributed by atoms with E-state index in [9.17, 15) is 0 Å². The fourth-order valence-electron chi connectivity index (χ4n) is 3.20. The van der Waals surface area contributed by atoms with E-state index >= 15 is 0 Å². The maximum atomic E-state index is 4.68. The van der Waals surface area contributed by atoms with Gasteiger partial charge in [-0.2, -0.15) is 0 Å². The van der Waals surface area contributed by atoms with Crippen molar-refractivity contribution in [3.63, 3.8) is 0 Å². The summed E-state index contributed by atoms with van der Waals surface area (Å²) in [4.78, 5) is 12.7. The van der Waals surface area contributed by atoms with Gasteiger partial charge in [0.2, 0.25) is 0 Å². The van der Waals surface area contributed by atoms with Crippen LogP contribution in [0.25, 0.3) is 12.2 Å². The summed E-state index contributed by atoms with van der Waals surface area (Å²) in [6.45, 7) is 0. The summed E-state index contributed by atoms with van der Waals surface area (Å²) in [6.07, 6.45) is 19.8. The summed E-state index contributed by atoms with van der Waals surface area (Å²) in [7, 11) is 0. The molecule has 5 rings (SSSR count). The van der Waals surface area contributed by atoms with Gasteiger partial charge in [0.1, 0.15) is 0 Å². The lowest BCUT2D eigenvalue weighted by atomic mass is 10.2. The van der Waals surface area contributed by atoms with E-state index in [4.69, 9.17) is 0 Å². The zero-order valence-electron chi connectivity index (χ0n) is 13.0. The van der Waals surface area contributed by atoms with Gasteiger partial charge in [-0.25, -0.2) is 9.98 Å². The smallest absolute Gasteiger partial charge is 0.0658 e. The molecule has 0 radical (unpaired) electrons. The van der Waals surface area contributed by atoms with Crippen molar-refractivity contribution in [1.29, 1.82) is 0 Å². The number of allylic oxidation sites excluding steroid dienone is 5. The Kier molecular flexibility index (Phi) is 2.88. The molecule has 0 aliphatic carbocycles. The molecule has 2 N–H and O–H groups in total. The Balaban J connectivity index is 1.65.